The fraction of sp³-hybridized carbons (Fsp3) is 0.579. The van der Waals surface area contributed by atoms with Crippen LogP contribution in [0.1, 0.15) is 26.2 Å². The Labute approximate surface area is 149 Å². The summed E-state index contributed by atoms with van der Waals surface area (Å²) in [5.74, 6) is 0.800. The number of carbonyl (C=O) groups is 2. The molecule has 0 aliphatic carbocycles. The van der Waals surface area contributed by atoms with Crippen LogP contribution in [0.3, 0.4) is 0 Å². The first kappa shape index (κ1) is 19.2. The number of nitrogens with zero attached hydrogens (tertiary/aromatic N) is 2. The van der Waals surface area contributed by atoms with E-state index in [9.17, 15) is 9.59 Å². The third-order valence-electron chi connectivity index (χ3n) is 4.15. The standard InChI is InChI=1S/C19H28N2O4/c1-2-24-19(23)16-20-11-7-12-21(14-13-20)18(22)10-6-15-25-17-8-4-3-5-9-17/h3-5,8-9H,2,6-7,10-16H2,1H3. The lowest BCUT2D eigenvalue weighted by molar-refractivity contribution is -0.144. The predicted molar refractivity (Wildman–Crippen MR) is 95.4 cm³/mol. The van der Waals surface area contributed by atoms with Gasteiger partial charge in [-0.15, -0.1) is 0 Å². The van der Waals surface area contributed by atoms with Gasteiger partial charge in [-0.25, -0.2) is 0 Å². The summed E-state index contributed by atoms with van der Waals surface area (Å²) in [6, 6.07) is 9.63. The van der Waals surface area contributed by atoms with Crippen molar-refractivity contribution in [3.05, 3.63) is 30.3 Å². The fourth-order valence-electron chi connectivity index (χ4n) is 2.86. The number of amides is 1. The molecule has 1 saturated heterocycles. The van der Waals surface area contributed by atoms with E-state index in [1.54, 1.807) is 0 Å². The van der Waals surface area contributed by atoms with Gasteiger partial charge in [0.1, 0.15) is 5.75 Å². The van der Waals surface area contributed by atoms with Crippen LogP contribution in [0, 0.1) is 0 Å². The Hall–Kier alpha value is -2.08. The minimum atomic E-state index is -0.194. The Kier molecular flexibility index (Phi) is 8.25. The van der Waals surface area contributed by atoms with Crippen LogP contribution in [0.2, 0.25) is 0 Å². The number of rotatable bonds is 8. The second kappa shape index (κ2) is 10.7. The minimum absolute atomic E-state index is 0.162. The molecule has 1 aliphatic rings. The number of hydrogen-bond donors (Lipinski definition) is 0. The van der Waals surface area contributed by atoms with E-state index in [1.807, 2.05) is 42.2 Å². The summed E-state index contributed by atoms with van der Waals surface area (Å²) in [7, 11) is 0. The lowest BCUT2D eigenvalue weighted by atomic mass is 10.2. The van der Waals surface area contributed by atoms with Crippen molar-refractivity contribution in [1.82, 2.24) is 9.80 Å². The maximum Gasteiger partial charge on any atom is 0.320 e. The van der Waals surface area contributed by atoms with E-state index in [-0.39, 0.29) is 11.9 Å². The van der Waals surface area contributed by atoms with Gasteiger partial charge < -0.3 is 14.4 Å². The highest BCUT2D eigenvalue weighted by Crippen LogP contribution is 2.10. The molecular weight excluding hydrogens is 320 g/mol. The molecule has 0 saturated carbocycles. The average molecular weight is 348 g/mol. The van der Waals surface area contributed by atoms with E-state index >= 15 is 0 Å². The SMILES string of the molecule is CCOC(=O)CN1CCCN(C(=O)CCCOc2ccccc2)CC1. The Morgan fingerprint density at radius 3 is 2.64 bits per heavy atom. The zero-order valence-electron chi connectivity index (χ0n) is 15.0. The number of para-hydroxylation sites is 1. The van der Waals surface area contributed by atoms with Crippen molar-refractivity contribution in [2.24, 2.45) is 0 Å². The maximum atomic E-state index is 12.4. The van der Waals surface area contributed by atoms with Gasteiger partial charge in [0.25, 0.3) is 0 Å². The first-order chi connectivity index (χ1) is 12.2. The van der Waals surface area contributed by atoms with Crippen LogP contribution in [0.4, 0.5) is 0 Å². The number of benzene rings is 1. The molecule has 1 aliphatic heterocycles. The Morgan fingerprint density at radius 2 is 1.88 bits per heavy atom. The summed E-state index contributed by atoms with van der Waals surface area (Å²) in [6.45, 7) is 6.00. The largest absolute Gasteiger partial charge is 0.494 e. The molecule has 6 nitrogen and oxygen atoms in total. The van der Waals surface area contributed by atoms with Crippen LogP contribution in [0.25, 0.3) is 0 Å². The average Bonchev–Trinajstić information content (AvgIpc) is 2.85. The van der Waals surface area contributed by atoms with Crippen LogP contribution in [-0.4, -0.2) is 67.6 Å². The summed E-state index contributed by atoms with van der Waals surface area (Å²) in [4.78, 5) is 27.9. The molecule has 1 fully saturated rings. The highest BCUT2D eigenvalue weighted by molar-refractivity contribution is 5.76. The lowest BCUT2D eigenvalue weighted by Gasteiger charge is -2.21. The summed E-state index contributed by atoms with van der Waals surface area (Å²) < 4.78 is 10.6. The van der Waals surface area contributed by atoms with Crippen LogP contribution in [0.5, 0.6) is 5.75 Å². The van der Waals surface area contributed by atoms with Crippen molar-refractivity contribution in [2.45, 2.75) is 26.2 Å². The number of carbonyl (C=O) groups excluding carboxylic acids is 2. The topological polar surface area (TPSA) is 59.1 Å². The second-order valence-corrected chi connectivity index (χ2v) is 6.08. The van der Waals surface area contributed by atoms with Gasteiger partial charge in [0, 0.05) is 32.6 Å². The minimum Gasteiger partial charge on any atom is -0.494 e. The van der Waals surface area contributed by atoms with Crippen molar-refractivity contribution in [2.75, 3.05) is 45.9 Å². The number of esters is 1. The Bertz CT molecular complexity index is 535. The molecule has 1 aromatic rings. The van der Waals surface area contributed by atoms with E-state index < -0.39 is 0 Å². The van der Waals surface area contributed by atoms with Gasteiger partial charge in [0.2, 0.25) is 5.91 Å². The van der Waals surface area contributed by atoms with E-state index in [0.29, 0.717) is 45.7 Å². The van der Waals surface area contributed by atoms with Crippen molar-refractivity contribution >= 4 is 11.9 Å². The van der Waals surface area contributed by atoms with E-state index in [0.717, 1.165) is 25.3 Å². The van der Waals surface area contributed by atoms with Crippen molar-refractivity contribution in [3.8, 4) is 5.75 Å². The molecule has 0 atom stereocenters. The molecule has 25 heavy (non-hydrogen) atoms. The Balaban J connectivity index is 1.65. The van der Waals surface area contributed by atoms with Crippen LogP contribution in [0.15, 0.2) is 30.3 Å². The molecule has 1 aromatic carbocycles. The monoisotopic (exact) mass is 348 g/mol. The molecule has 0 bridgehead atoms. The molecule has 0 N–H and O–H groups in total. The lowest BCUT2D eigenvalue weighted by Crippen LogP contribution is -2.37. The highest BCUT2D eigenvalue weighted by Gasteiger charge is 2.20. The summed E-state index contributed by atoms with van der Waals surface area (Å²) in [6.07, 6.45) is 2.08. The molecule has 6 heteroatoms. The molecule has 0 radical (unpaired) electrons. The van der Waals surface area contributed by atoms with Gasteiger partial charge in [-0.3, -0.25) is 14.5 Å². The molecule has 0 unspecified atom stereocenters. The van der Waals surface area contributed by atoms with Gasteiger partial charge in [-0.2, -0.15) is 0 Å². The fourth-order valence-corrected chi connectivity index (χ4v) is 2.86. The van der Waals surface area contributed by atoms with Crippen LogP contribution in [-0.2, 0) is 14.3 Å². The van der Waals surface area contributed by atoms with Crippen LogP contribution >= 0.6 is 0 Å². The molecule has 1 amide bonds. The molecule has 2 rings (SSSR count). The first-order valence-electron chi connectivity index (χ1n) is 9.02. The van der Waals surface area contributed by atoms with E-state index in [1.165, 1.54) is 0 Å². The van der Waals surface area contributed by atoms with Gasteiger partial charge in [-0.1, -0.05) is 18.2 Å². The third kappa shape index (κ3) is 7.13. The number of hydrogen-bond acceptors (Lipinski definition) is 5. The summed E-state index contributed by atoms with van der Waals surface area (Å²) in [5, 5.41) is 0. The van der Waals surface area contributed by atoms with Crippen molar-refractivity contribution < 1.29 is 19.1 Å². The second-order valence-electron chi connectivity index (χ2n) is 6.08. The zero-order chi connectivity index (χ0) is 17.9. The quantitative estimate of drug-likeness (QED) is 0.531. The molecular formula is C19H28N2O4. The third-order valence-corrected chi connectivity index (χ3v) is 4.15. The highest BCUT2D eigenvalue weighted by atomic mass is 16.5. The molecule has 138 valence electrons. The molecule has 1 heterocycles. The summed E-state index contributed by atoms with van der Waals surface area (Å²) >= 11 is 0. The van der Waals surface area contributed by atoms with E-state index in [2.05, 4.69) is 4.90 Å². The van der Waals surface area contributed by atoms with Gasteiger partial charge in [-0.05, 0) is 31.9 Å². The zero-order valence-corrected chi connectivity index (χ0v) is 15.0. The van der Waals surface area contributed by atoms with Gasteiger partial charge in [0.05, 0.1) is 19.8 Å². The van der Waals surface area contributed by atoms with Crippen molar-refractivity contribution in [3.63, 3.8) is 0 Å². The van der Waals surface area contributed by atoms with Gasteiger partial charge in [0.15, 0.2) is 0 Å². The maximum absolute atomic E-state index is 12.4. The normalized spacial score (nSPS) is 15.5. The molecule has 0 aromatic heterocycles. The Morgan fingerprint density at radius 1 is 1.08 bits per heavy atom. The number of ether oxygens (including phenoxy) is 2. The predicted octanol–water partition coefficient (Wildman–Crippen LogP) is 1.94. The van der Waals surface area contributed by atoms with E-state index in [4.69, 9.17) is 9.47 Å². The van der Waals surface area contributed by atoms with Crippen LogP contribution < -0.4 is 4.74 Å². The van der Waals surface area contributed by atoms with Crippen molar-refractivity contribution in [1.29, 1.82) is 0 Å². The smallest absolute Gasteiger partial charge is 0.320 e. The van der Waals surface area contributed by atoms with Gasteiger partial charge >= 0.3 is 5.97 Å². The molecule has 0 spiro atoms. The summed E-state index contributed by atoms with van der Waals surface area (Å²) in [5.41, 5.74) is 0. The first-order valence-corrected chi connectivity index (χ1v) is 9.02.